The number of halogens is 5. The second kappa shape index (κ2) is 7.75. The van der Waals surface area contributed by atoms with Crippen molar-refractivity contribution in [3.8, 4) is 5.75 Å². The van der Waals surface area contributed by atoms with Crippen LogP contribution in [0, 0.1) is 0 Å². The topological polar surface area (TPSA) is 75.6 Å². The van der Waals surface area contributed by atoms with E-state index in [9.17, 15) is 31.5 Å². The van der Waals surface area contributed by atoms with Crippen molar-refractivity contribution in [3.05, 3.63) is 29.8 Å². The summed E-state index contributed by atoms with van der Waals surface area (Å²) in [6.45, 7) is -3.34. The van der Waals surface area contributed by atoms with Crippen LogP contribution in [0.25, 0.3) is 0 Å². The van der Waals surface area contributed by atoms with Crippen molar-refractivity contribution in [2.75, 3.05) is 0 Å². The molecule has 1 rings (SSSR count). The molecule has 1 unspecified atom stereocenters. The van der Waals surface area contributed by atoms with E-state index in [0.717, 1.165) is 18.2 Å². The number of hydrogen-bond donors (Lipinski definition) is 2. The van der Waals surface area contributed by atoms with E-state index in [1.165, 1.54) is 6.07 Å². The monoisotopic (exact) mass is 341 g/mol. The summed E-state index contributed by atoms with van der Waals surface area (Å²) in [5.41, 5.74) is -0.705. The predicted octanol–water partition coefficient (Wildman–Crippen LogP) is 2.87. The lowest BCUT2D eigenvalue weighted by Gasteiger charge is -2.24. The van der Waals surface area contributed by atoms with Gasteiger partial charge in [0.15, 0.2) is 6.04 Å². The Labute approximate surface area is 127 Å². The maximum Gasteiger partial charge on any atom is 0.413 e. The first-order valence-corrected chi connectivity index (χ1v) is 6.23. The largest absolute Gasteiger partial charge is 0.481 e. The summed E-state index contributed by atoms with van der Waals surface area (Å²) < 4.78 is 67.9. The van der Waals surface area contributed by atoms with Gasteiger partial charge in [-0.05, 0) is 6.07 Å². The molecule has 0 saturated carbocycles. The highest BCUT2D eigenvalue weighted by molar-refractivity contribution is 5.81. The predicted molar refractivity (Wildman–Crippen MR) is 66.9 cm³/mol. The number of carboxylic acid groups (broad SMARTS) is 1. The van der Waals surface area contributed by atoms with Crippen LogP contribution in [0.4, 0.5) is 22.0 Å². The van der Waals surface area contributed by atoms with E-state index in [1.807, 2.05) is 0 Å². The van der Waals surface area contributed by atoms with Crippen LogP contribution in [0.2, 0.25) is 0 Å². The third-order valence-electron chi connectivity index (χ3n) is 2.64. The van der Waals surface area contributed by atoms with Crippen LogP contribution in [0.1, 0.15) is 24.4 Å². The van der Waals surface area contributed by atoms with Gasteiger partial charge in [-0.15, -0.1) is 0 Å². The second-order valence-corrected chi connectivity index (χ2v) is 4.35. The zero-order valence-electron chi connectivity index (χ0n) is 11.4. The molecule has 0 aliphatic rings. The standard InChI is InChI=1S/C13H12F5NO4/c14-12(15)23-8-4-2-1-3-7(8)11(13(16,17)18)19-9(20)5-6-10(21)22/h1-4,11-12H,5-6H2,(H,19,20)(H,21,22). The van der Waals surface area contributed by atoms with E-state index in [-0.39, 0.29) is 0 Å². The summed E-state index contributed by atoms with van der Waals surface area (Å²) in [6.07, 6.45) is -6.33. The van der Waals surface area contributed by atoms with Crippen LogP contribution >= 0.6 is 0 Å². The fourth-order valence-electron chi connectivity index (χ4n) is 1.71. The van der Waals surface area contributed by atoms with E-state index in [2.05, 4.69) is 4.74 Å². The van der Waals surface area contributed by atoms with Crippen LogP contribution < -0.4 is 10.1 Å². The van der Waals surface area contributed by atoms with E-state index < -0.39 is 54.9 Å². The van der Waals surface area contributed by atoms with Gasteiger partial charge in [0.05, 0.1) is 6.42 Å². The number of nitrogens with one attached hydrogen (secondary N) is 1. The van der Waals surface area contributed by atoms with Crippen molar-refractivity contribution in [1.29, 1.82) is 0 Å². The maximum atomic E-state index is 13.1. The van der Waals surface area contributed by atoms with Crippen LogP contribution in [-0.2, 0) is 9.59 Å². The Morgan fingerprint density at radius 1 is 1.17 bits per heavy atom. The molecule has 5 nitrogen and oxygen atoms in total. The zero-order valence-corrected chi connectivity index (χ0v) is 11.4. The molecule has 23 heavy (non-hydrogen) atoms. The normalized spacial score (nSPS) is 12.8. The van der Waals surface area contributed by atoms with E-state index in [4.69, 9.17) is 5.11 Å². The molecule has 1 aromatic carbocycles. The van der Waals surface area contributed by atoms with Gasteiger partial charge in [0, 0.05) is 12.0 Å². The molecule has 10 heteroatoms. The quantitative estimate of drug-likeness (QED) is 0.748. The number of amides is 1. The lowest BCUT2D eigenvalue weighted by molar-refractivity contribution is -0.164. The minimum Gasteiger partial charge on any atom is -0.481 e. The number of carboxylic acids is 1. The van der Waals surface area contributed by atoms with Crippen LogP contribution in [0.15, 0.2) is 24.3 Å². The number of hydrogen-bond acceptors (Lipinski definition) is 3. The molecule has 128 valence electrons. The number of rotatable bonds is 7. The molecule has 0 bridgehead atoms. The molecule has 2 N–H and O–H groups in total. The fraction of sp³-hybridized carbons (Fsp3) is 0.385. The molecule has 0 radical (unpaired) electrons. The summed E-state index contributed by atoms with van der Waals surface area (Å²) in [5.74, 6) is -3.27. The zero-order chi connectivity index (χ0) is 17.6. The van der Waals surface area contributed by atoms with Gasteiger partial charge in [0.25, 0.3) is 0 Å². The van der Waals surface area contributed by atoms with Gasteiger partial charge in [-0.25, -0.2) is 0 Å². The molecule has 1 atom stereocenters. The SMILES string of the molecule is O=C(O)CCC(=O)NC(c1ccccc1OC(F)F)C(F)(F)F. The number of aliphatic carboxylic acids is 1. The Kier molecular flexibility index (Phi) is 6.28. The number of para-hydroxylation sites is 1. The Morgan fingerprint density at radius 2 is 1.78 bits per heavy atom. The molecule has 0 spiro atoms. The van der Waals surface area contributed by atoms with Gasteiger partial charge in [-0.3, -0.25) is 9.59 Å². The molecule has 0 aliphatic heterocycles. The van der Waals surface area contributed by atoms with Gasteiger partial charge in [0.1, 0.15) is 5.75 Å². The number of alkyl halides is 5. The summed E-state index contributed by atoms with van der Waals surface area (Å²) in [4.78, 5) is 21.8. The second-order valence-electron chi connectivity index (χ2n) is 4.35. The van der Waals surface area contributed by atoms with Gasteiger partial charge < -0.3 is 15.2 Å². The van der Waals surface area contributed by atoms with Crippen molar-refractivity contribution >= 4 is 11.9 Å². The molecule has 1 aromatic rings. The average molecular weight is 341 g/mol. The highest BCUT2D eigenvalue weighted by Crippen LogP contribution is 2.37. The maximum absolute atomic E-state index is 13.1. The molecule has 0 heterocycles. The summed E-state index contributed by atoms with van der Waals surface area (Å²) in [5, 5.41) is 10.0. The Bertz CT molecular complexity index is 562. The summed E-state index contributed by atoms with van der Waals surface area (Å²) in [7, 11) is 0. The molecule has 0 saturated heterocycles. The molecule has 0 aromatic heterocycles. The number of carbonyl (C=O) groups is 2. The molecular formula is C13H12F5NO4. The van der Waals surface area contributed by atoms with Crippen LogP contribution in [-0.4, -0.2) is 29.8 Å². The smallest absolute Gasteiger partial charge is 0.413 e. The lowest BCUT2D eigenvalue weighted by Crippen LogP contribution is -2.38. The van der Waals surface area contributed by atoms with Gasteiger partial charge >= 0.3 is 18.8 Å². The van der Waals surface area contributed by atoms with Gasteiger partial charge in [-0.1, -0.05) is 18.2 Å². The van der Waals surface area contributed by atoms with Crippen LogP contribution in [0.3, 0.4) is 0 Å². The number of ether oxygens (including phenoxy) is 1. The van der Waals surface area contributed by atoms with Crippen molar-refractivity contribution in [3.63, 3.8) is 0 Å². The average Bonchev–Trinajstić information content (AvgIpc) is 2.41. The van der Waals surface area contributed by atoms with Crippen molar-refractivity contribution < 1.29 is 41.4 Å². The first-order chi connectivity index (χ1) is 10.6. The Hall–Kier alpha value is -2.39. The molecule has 1 amide bonds. The minimum atomic E-state index is -4.99. The van der Waals surface area contributed by atoms with Gasteiger partial charge in [0.2, 0.25) is 5.91 Å². The van der Waals surface area contributed by atoms with Crippen LogP contribution in [0.5, 0.6) is 5.75 Å². The number of benzene rings is 1. The highest BCUT2D eigenvalue weighted by atomic mass is 19.4. The Balaban J connectivity index is 3.04. The van der Waals surface area contributed by atoms with Crippen molar-refractivity contribution in [2.24, 2.45) is 0 Å². The third kappa shape index (κ3) is 6.09. The highest BCUT2D eigenvalue weighted by Gasteiger charge is 2.43. The fourth-order valence-corrected chi connectivity index (χ4v) is 1.71. The molecule has 0 fully saturated rings. The van der Waals surface area contributed by atoms with E-state index in [1.54, 1.807) is 5.32 Å². The van der Waals surface area contributed by atoms with E-state index in [0.29, 0.717) is 0 Å². The minimum absolute atomic E-state index is 0.661. The first kappa shape index (κ1) is 18.7. The molecular weight excluding hydrogens is 329 g/mol. The molecule has 0 aliphatic carbocycles. The first-order valence-electron chi connectivity index (χ1n) is 6.23. The summed E-state index contributed by atoms with van der Waals surface area (Å²) >= 11 is 0. The number of carbonyl (C=O) groups excluding carboxylic acids is 1. The third-order valence-corrected chi connectivity index (χ3v) is 2.64. The Morgan fingerprint density at radius 3 is 2.30 bits per heavy atom. The van der Waals surface area contributed by atoms with E-state index >= 15 is 0 Å². The summed E-state index contributed by atoms with van der Waals surface area (Å²) in [6, 6.07) is 1.55. The lowest BCUT2D eigenvalue weighted by atomic mass is 10.0. The van der Waals surface area contributed by atoms with Gasteiger partial charge in [-0.2, -0.15) is 22.0 Å². The van der Waals surface area contributed by atoms with Crippen molar-refractivity contribution in [1.82, 2.24) is 5.32 Å². The van der Waals surface area contributed by atoms with Crippen molar-refractivity contribution in [2.45, 2.75) is 31.7 Å².